The zero-order valence-electron chi connectivity index (χ0n) is 16.7. The van der Waals surface area contributed by atoms with E-state index in [-0.39, 0.29) is 17.8 Å². The highest BCUT2D eigenvalue weighted by molar-refractivity contribution is 7.80. The minimum Gasteiger partial charge on any atom is -0.358 e. The van der Waals surface area contributed by atoms with Crippen molar-refractivity contribution in [2.45, 2.75) is 19.0 Å². The molecule has 154 valence electrons. The average molecular weight is 414 g/mol. The maximum atomic E-state index is 10.8. The molecule has 0 aromatic heterocycles. The summed E-state index contributed by atoms with van der Waals surface area (Å²) in [7, 11) is 2.15. The lowest BCUT2D eigenvalue weighted by molar-refractivity contribution is -0.384. The van der Waals surface area contributed by atoms with Crippen LogP contribution in [0.15, 0.2) is 54.6 Å². The minimum atomic E-state index is -0.414. The number of nitrogens with one attached hydrogen (secondary N) is 2. The van der Waals surface area contributed by atoms with Gasteiger partial charge >= 0.3 is 0 Å². The van der Waals surface area contributed by atoms with E-state index in [4.69, 9.17) is 12.2 Å². The van der Waals surface area contributed by atoms with Crippen LogP contribution in [0.3, 0.4) is 0 Å². The second-order valence-electron chi connectivity index (χ2n) is 7.39. The quantitative estimate of drug-likeness (QED) is 0.428. The Morgan fingerprint density at radius 3 is 2.28 bits per heavy atom. The molecule has 2 aromatic carbocycles. The Labute approximate surface area is 176 Å². The van der Waals surface area contributed by atoms with Gasteiger partial charge in [-0.25, -0.2) is 0 Å². The molecule has 0 bridgehead atoms. The molecule has 2 N–H and O–H groups in total. The largest absolute Gasteiger partial charge is 0.358 e. The van der Waals surface area contributed by atoms with Crippen molar-refractivity contribution in [3.05, 3.63) is 70.3 Å². The molecule has 3 rings (SSSR count). The molecule has 2 unspecified atom stereocenters. The van der Waals surface area contributed by atoms with Crippen LogP contribution in [0.25, 0.3) is 0 Å². The Morgan fingerprint density at radius 1 is 1.07 bits per heavy atom. The topological polar surface area (TPSA) is 73.7 Å². The first-order valence-corrected chi connectivity index (χ1v) is 10.1. The van der Waals surface area contributed by atoms with Crippen LogP contribution in [0.4, 0.5) is 11.4 Å². The Hall–Kier alpha value is -2.55. The van der Waals surface area contributed by atoms with Gasteiger partial charge in [0, 0.05) is 50.0 Å². The van der Waals surface area contributed by atoms with E-state index in [1.807, 2.05) is 6.07 Å². The van der Waals surface area contributed by atoms with Crippen LogP contribution in [0.2, 0.25) is 0 Å². The standard InChI is InChI=1S/C21H27N5O2S/c1-16(22-21(29)23-18-8-10-19(11-9-18)26(27)28)20(17-6-4-3-5-7-17)25-14-12-24(2)13-15-25/h3-11,16,20H,12-15H2,1-2H3,(H2,22,23,29). The van der Waals surface area contributed by atoms with Gasteiger partial charge in [-0.1, -0.05) is 30.3 Å². The van der Waals surface area contributed by atoms with Gasteiger partial charge in [0.25, 0.3) is 5.69 Å². The first-order chi connectivity index (χ1) is 13.9. The van der Waals surface area contributed by atoms with E-state index in [1.165, 1.54) is 17.7 Å². The second-order valence-corrected chi connectivity index (χ2v) is 7.79. The summed E-state index contributed by atoms with van der Waals surface area (Å²) in [5.74, 6) is 0. The molecule has 1 aliphatic rings. The molecule has 0 aliphatic carbocycles. The monoisotopic (exact) mass is 413 g/mol. The molecule has 2 atom stereocenters. The van der Waals surface area contributed by atoms with Crippen LogP contribution in [0, 0.1) is 10.1 Å². The Balaban J connectivity index is 1.68. The van der Waals surface area contributed by atoms with Crippen molar-refractivity contribution in [3.63, 3.8) is 0 Å². The molecule has 0 saturated carbocycles. The summed E-state index contributed by atoms with van der Waals surface area (Å²) in [6, 6.07) is 17.0. The van der Waals surface area contributed by atoms with Gasteiger partial charge in [0.15, 0.2) is 5.11 Å². The zero-order valence-corrected chi connectivity index (χ0v) is 17.6. The molecule has 7 nitrogen and oxygen atoms in total. The van der Waals surface area contributed by atoms with Crippen LogP contribution in [-0.2, 0) is 0 Å². The van der Waals surface area contributed by atoms with Gasteiger partial charge in [-0.2, -0.15) is 0 Å². The molecule has 0 radical (unpaired) electrons. The third-order valence-electron chi connectivity index (χ3n) is 5.24. The van der Waals surface area contributed by atoms with Crippen LogP contribution < -0.4 is 10.6 Å². The van der Waals surface area contributed by atoms with Crippen molar-refractivity contribution in [2.24, 2.45) is 0 Å². The predicted molar refractivity (Wildman–Crippen MR) is 120 cm³/mol. The Morgan fingerprint density at radius 2 is 1.69 bits per heavy atom. The van der Waals surface area contributed by atoms with E-state index in [9.17, 15) is 10.1 Å². The zero-order chi connectivity index (χ0) is 20.8. The molecule has 1 fully saturated rings. The molecular formula is C21H27N5O2S. The van der Waals surface area contributed by atoms with E-state index >= 15 is 0 Å². The fraction of sp³-hybridized carbons (Fsp3) is 0.381. The molecular weight excluding hydrogens is 386 g/mol. The molecule has 1 aliphatic heterocycles. The lowest BCUT2D eigenvalue weighted by Crippen LogP contribution is -2.52. The summed E-state index contributed by atoms with van der Waals surface area (Å²) in [4.78, 5) is 15.2. The number of likely N-dealkylation sites (N-methyl/N-ethyl adjacent to an activating group) is 1. The van der Waals surface area contributed by atoms with Crippen molar-refractivity contribution < 1.29 is 4.92 Å². The molecule has 8 heteroatoms. The first kappa shape index (κ1) is 21.2. The van der Waals surface area contributed by atoms with Gasteiger partial charge in [0.2, 0.25) is 0 Å². The number of thiocarbonyl (C=S) groups is 1. The fourth-order valence-electron chi connectivity index (χ4n) is 3.69. The number of nitrogens with zero attached hydrogens (tertiary/aromatic N) is 3. The minimum absolute atomic E-state index is 0.0574. The van der Waals surface area contributed by atoms with Crippen molar-refractivity contribution in [1.29, 1.82) is 0 Å². The molecule has 1 heterocycles. The summed E-state index contributed by atoms with van der Waals surface area (Å²) in [5.41, 5.74) is 2.04. The highest BCUT2D eigenvalue weighted by Crippen LogP contribution is 2.26. The normalized spacial score (nSPS) is 17.3. The number of non-ortho nitro benzene ring substituents is 1. The number of piperazine rings is 1. The molecule has 0 amide bonds. The lowest BCUT2D eigenvalue weighted by atomic mass is 9.98. The molecule has 0 spiro atoms. The summed E-state index contributed by atoms with van der Waals surface area (Å²) in [6.07, 6.45) is 0. The molecule has 1 saturated heterocycles. The summed E-state index contributed by atoms with van der Waals surface area (Å²) in [6.45, 7) is 6.23. The van der Waals surface area contributed by atoms with Gasteiger partial charge in [0.05, 0.1) is 11.0 Å². The van der Waals surface area contributed by atoms with E-state index in [0.717, 1.165) is 31.9 Å². The first-order valence-electron chi connectivity index (χ1n) is 9.73. The van der Waals surface area contributed by atoms with Crippen molar-refractivity contribution in [1.82, 2.24) is 15.1 Å². The maximum absolute atomic E-state index is 10.8. The number of nitro benzene ring substituents is 1. The van der Waals surface area contributed by atoms with Gasteiger partial charge in [-0.15, -0.1) is 0 Å². The number of benzene rings is 2. The average Bonchev–Trinajstić information content (AvgIpc) is 2.71. The van der Waals surface area contributed by atoms with Crippen molar-refractivity contribution in [2.75, 3.05) is 38.5 Å². The van der Waals surface area contributed by atoms with Gasteiger partial charge in [0.1, 0.15) is 0 Å². The van der Waals surface area contributed by atoms with Gasteiger partial charge in [-0.3, -0.25) is 15.0 Å². The second kappa shape index (κ2) is 9.78. The number of rotatable bonds is 6. The highest BCUT2D eigenvalue weighted by atomic mass is 32.1. The van der Waals surface area contributed by atoms with E-state index in [1.54, 1.807) is 12.1 Å². The van der Waals surface area contributed by atoms with Crippen molar-refractivity contribution in [3.8, 4) is 0 Å². The van der Waals surface area contributed by atoms with Crippen LogP contribution in [0.5, 0.6) is 0 Å². The summed E-state index contributed by atoms with van der Waals surface area (Å²) < 4.78 is 0. The Kier molecular flexibility index (Phi) is 7.13. The Bertz CT molecular complexity index is 823. The highest BCUT2D eigenvalue weighted by Gasteiger charge is 2.28. The maximum Gasteiger partial charge on any atom is 0.269 e. The smallest absolute Gasteiger partial charge is 0.269 e. The van der Waals surface area contributed by atoms with E-state index < -0.39 is 4.92 Å². The predicted octanol–water partition coefficient (Wildman–Crippen LogP) is 3.26. The summed E-state index contributed by atoms with van der Waals surface area (Å²) >= 11 is 5.50. The number of hydrogen-bond donors (Lipinski definition) is 2. The van der Waals surface area contributed by atoms with Crippen LogP contribution in [-0.4, -0.2) is 59.1 Å². The number of hydrogen-bond acceptors (Lipinski definition) is 5. The summed E-state index contributed by atoms with van der Waals surface area (Å²) in [5, 5.41) is 17.8. The SMILES string of the molecule is CC(NC(=S)Nc1ccc([N+](=O)[O-])cc1)C(c1ccccc1)N1CCN(C)CC1. The molecule has 2 aromatic rings. The van der Waals surface area contributed by atoms with E-state index in [2.05, 4.69) is 58.7 Å². The number of nitro groups is 1. The van der Waals surface area contributed by atoms with Crippen LogP contribution >= 0.6 is 12.2 Å². The van der Waals surface area contributed by atoms with E-state index in [0.29, 0.717) is 5.11 Å². The third-order valence-corrected chi connectivity index (χ3v) is 5.46. The molecule has 29 heavy (non-hydrogen) atoms. The fourth-order valence-corrected chi connectivity index (χ4v) is 3.99. The number of anilines is 1. The van der Waals surface area contributed by atoms with Crippen LogP contribution in [0.1, 0.15) is 18.5 Å². The third kappa shape index (κ3) is 5.72. The van der Waals surface area contributed by atoms with Gasteiger partial charge < -0.3 is 15.5 Å². The lowest BCUT2D eigenvalue weighted by Gasteiger charge is -2.41. The van der Waals surface area contributed by atoms with Crippen molar-refractivity contribution >= 4 is 28.7 Å². The van der Waals surface area contributed by atoms with Gasteiger partial charge in [-0.05, 0) is 43.9 Å².